The summed E-state index contributed by atoms with van der Waals surface area (Å²) in [6.45, 7) is 3.67. The van der Waals surface area contributed by atoms with E-state index < -0.39 is 0 Å². The van der Waals surface area contributed by atoms with E-state index in [1.807, 2.05) is 30.7 Å². The minimum atomic E-state index is 1.15. The molecule has 1 aromatic carbocycles. The molecule has 0 aliphatic rings. The molecule has 0 fully saturated rings. The first-order valence-corrected chi connectivity index (χ1v) is 4.31. The number of anilines is 1. The Morgan fingerprint density at radius 2 is 2.18 bits per heavy atom. The molecular weight excluding hydrogens is 154 g/mol. The van der Waals surface area contributed by atoms with Crippen molar-refractivity contribution in [1.82, 2.24) is 0 Å². The van der Waals surface area contributed by atoms with Crippen LogP contribution in [0.3, 0.4) is 0 Å². The smallest absolute Gasteiger partial charge is 0.0479 e. The van der Waals surface area contributed by atoms with Crippen LogP contribution in [0.2, 0.25) is 0 Å². The van der Waals surface area contributed by atoms with Crippen molar-refractivity contribution in [3.05, 3.63) is 36.3 Å². The normalized spacial score (nSPS) is 9.18. The van der Waals surface area contributed by atoms with E-state index in [0.29, 0.717) is 0 Å². The number of thioether (sulfide) groups is 1. The van der Waals surface area contributed by atoms with Crippen LogP contribution in [0.25, 0.3) is 0 Å². The van der Waals surface area contributed by atoms with Crippen molar-refractivity contribution in [2.75, 3.05) is 12.4 Å². The molecule has 1 aromatic rings. The van der Waals surface area contributed by atoms with Crippen LogP contribution in [0.5, 0.6) is 0 Å². The van der Waals surface area contributed by atoms with Gasteiger partial charge in [0.1, 0.15) is 0 Å². The Morgan fingerprint density at radius 1 is 1.45 bits per heavy atom. The van der Waals surface area contributed by atoms with Crippen molar-refractivity contribution in [2.24, 2.45) is 0 Å². The molecule has 0 aromatic heterocycles. The van der Waals surface area contributed by atoms with Crippen LogP contribution in [0.15, 0.2) is 41.1 Å². The molecule has 1 nitrogen and oxygen atoms in total. The Bertz CT molecular complexity index is 245. The summed E-state index contributed by atoms with van der Waals surface area (Å²) in [5.41, 5.74) is 1.15. The molecule has 0 aliphatic carbocycles. The lowest BCUT2D eigenvalue weighted by Crippen LogP contribution is -1.88. The molecule has 1 rings (SSSR count). The molecule has 1 N–H and O–H groups in total. The second-order valence-corrected chi connectivity index (χ2v) is 3.04. The fraction of sp³-hybridized carbons (Fsp3) is 0.111. The fourth-order valence-electron chi connectivity index (χ4n) is 0.866. The third-order valence-electron chi connectivity index (χ3n) is 1.37. The summed E-state index contributed by atoms with van der Waals surface area (Å²) >= 11 is 1.63. The minimum Gasteiger partial charge on any atom is -0.387 e. The summed E-state index contributed by atoms with van der Waals surface area (Å²) in [5.74, 6) is 0. The van der Waals surface area contributed by atoms with E-state index in [0.717, 1.165) is 5.69 Å². The lowest BCUT2D eigenvalue weighted by atomic mass is 10.3. The number of benzene rings is 1. The molecule has 0 radical (unpaired) electrons. The van der Waals surface area contributed by atoms with Gasteiger partial charge in [0.05, 0.1) is 0 Å². The third-order valence-corrected chi connectivity index (χ3v) is 2.14. The minimum absolute atomic E-state index is 1.15. The second kappa shape index (κ2) is 4.09. The molecule has 0 unspecified atom stereocenters. The summed E-state index contributed by atoms with van der Waals surface area (Å²) in [5, 5.41) is 4.94. The monoisotopic (exact) mass is 165 g/mol. The van der Waals surface area contributed by atoms with Crippen molar-refractivity contribution >= 4 is 17.4 Å². The molecule has 0 spiro atoms. The van der Waals surface area contributed by atoms with Gasteiger partial charge in [0.25, 0.3) is 0 Å². The molecule has 58 valence electrons. The fourth-order valence-corrected chi connectivity index (χ4v) is 1.50. The summed E-state index contributed by atoms with van der Waals surface area (Å²) in [7, 11) is 1.92. The molecule has 0 saturated heterocycles. The van der Waals surface area contributed by atoms with Crippen molar-refractivity contribution < 1.29 is 0 Å². The number of hydrogen-bond acceptors (Lipinski definition) is 2. The number of hydrogen-bond donors (Lipinski definition) is 1. The first kappa shape index (κ1) is 8.21. The molecule has 0 atom stereocenters. The zero-order valence-electron chi connectivity index (χ0n) is 6.50. The van der Waals surface area contributed by atoms with Crippen LogP contribution in [-0.2, 0) is 0 Å². The summed E-state index contributed by atoms with van der Waals surface area (Å²) in [4.78, 5) is 1.21. The predicted molar refractivity (Wildman–Crippen MR) is 52.0 cm³/mol. The van der Waals surface area contributed by atoms with Gasteiger partial charge in [-0.3, -0.25) is 0 Å². The van der Waals surface area contributed by atoms with E-state index in [4.69, 9.17) is 0 Å². The second-order valence-electron chi connectivity index (χ2n) is 2.03. The van der Waals surface area contributed by atoms with Gasteiger partial charge in [0.15, 0.2) is 0 Å². The van der Waals surface area contributed by atoms with Gasteiger partial charge in [-0.2, -0.15) is 0 Å². The van der Waals surface area contributed by atoms with Crippen molar-refractivity contribution in [2.45, 2.75) is 4.90 Å². The van der Waals surface area contributed by atoms with Gasteiger partial charge >= 0.3 is 0 Å². The highest BCUT2D eigenvalue weighted by atomic mass is 32.2. The van der Waals surface area contributed by atoms with Gasteiger partial charge in [0.2, 0.25) is 0 Å². The van der Waals surface area contributed by atoms with E-state index in [-0.39, 0.29) is 0 Å². The van der Waals surface area contributed by atoms with Crippen LogP contribution >= 0.6 is 11.8 Å². The lowest BCUT2D eigenvalue weighted by molar-refractivity contribution is 1.39. The Hall–Kier alpha value is -0.890. The highest BCUT2D eigenvalue weighted by Crippen LogP contribution is 2.26. The number of nitrogens with one attached hydrogen (secondary N) is 1. The van der Waals surface area contributed by atoms with E-state index in [1.165, 1.54) is 4.90 Å². The molecule has 2 heteroatoms. The molecular formula is C9H11NS. The number of para-hydroxylation sites is 1. The van der Waals surface area contributed by atoms with Crippen LogP contribution < -0.4 is 5.32 Å². The Labute approximate surface area is 71.5 Å². The maximum atomic E-state index is 3.67. The molecule has 0 saturated carbocycles. The first-order valence-electron chi connectivity index (χ1n) is 3.43. The average molecular weight is 165 g/mol. The van der Waals surface area contributed by atoms with Crippen LogP contribution in [0, 0.1) is 0 Å². The topological polar surface area (TPSA) is 12.0 Å². The molecule has 0 amide bonds. The van der Waals surface area contributed by atoms with Crippen molar-refractivity contribution in [3.63, 3.8) is 0 Å². The van der Waals surface area contributed by atoms with Crippen LogP contribution in [-0.4, -0.2) is 7.05 Å². The first-order chi connectivity index (χ1) is 5.38. The molecule has 0 heterocycles. The maximum absolute atomic E-state index is 3.67. The van der Waals surface area contributed by atoms with Crippen LogP contribution in [0.1, 0.15) is 0 Å². The summed E-state index contributed by atoms with van der Waals surface area (Å²) < 4.78 is 0. The van der Waals surface area contributed by atoms with Gasteiger partial charge in [-0.1, -0.05) is 30.5 Å². The third kappa shape index (κ3) is 2.02. The Morgan fingerprint density at radius 3 is 2.82 bits per heavy atom. The SMILES string of the molecule is C=CSc1ccccc1NC. The largest absolute Gasteiger partial charge is 0.387 e. The van der Waals surface area contributed by atoms with Gasteiger partial charge in [-0.15, -0.1) is 0 Å². The number of rotatable bonds is 3. The van der Waals surface area contributed by atoms with E-state index >= 15 is 0 Å². The van der Waals surface area contributed by atoms with Gasteiger partial charge in [-0.05, 0) is 17.5 Å². The standard InChI is InChI=1S/C9H11NS/c1-3-11-9-7-5-4-6-8(9)10-2/h3-7,10H,1H2,2H3. The highest BCUT2D eigenvalue weighted by Gasteiger charge is 1.95. The average Bonchev–Trinajstić information content (AvgIpc) is 2.06. The van der Waals surface area contributed by atoms with Gasteiger partial charge in [0, 0.05) is 17.6 Å². The zero-order chi connectivity index (χ0) is 8.10. The van der Waals surface area contributed by atoms with Crippen LogP contribution in [0.4, 0.5) is 5.69 Å². The lowest BCUT2D eigenvalue weighted by Gasteiger charge is -2.04. The highest BCUT2D eigenvalue weighted by molar-refractivity contribution is 8.02. The van der Waals surface area contributed by atoms with Crippen molar-refractivity contribution in [1.29, 1.82) is 0 Å². The van der Waals surface area contributed by atoms with E-state index in [9.17, 15) is 0 Å². The van der Waals surface area contributed by atoms with Gasteiger partial charge < -0.3 is 5.32 Å². The van der Waals surface area contributed by atoms with Crippen molar-refractivity contribution in [3.8, 4) is 0 Å². The van der Waals surface area contributed by atoms with E-state index in [1.54, 1.807) is 11.8 Å². The summed E-state index contributed by atoms with van der Waals surface area (Å²) in [6, 6.07) is 8.15. The predicted octanol–water partition coefficient (Wildman–Crippen LogP) is 2.96. The Kier molecular flexibility index (Phi) is 3.05. The maximum Gasteiger partial charge on any atom is 0.0479 e. The van der Waals surface area contributed by atoms with E-state index in [2.05, 4.69) is 18.0 Å². The molecule has 0 aliphatic heterocycles. The molecule has 11 heavy (non-hydrogen) atoms. The summed E-state index contributed by atoms with van der Waals surface area (Å²) in [6.07, 6.45) is 0. The molecule has 0 bridgehead atoms. The zero-order valence-corrected chi connectivity index (χ0v) is 7.32. The van der Waals surface area contributed by atoms with Gasteiger partial charge in [-0.25, -0.2) is 0 Å². The Balaban J connectivity index is 2.92. The quantitative estimate of drug-likeness (QED) is 0.691.